The van der Waals surface area contributed by atoms with E-state index < -0.39 is 0 Å². The Morgan fingerprint density at radius 1 is 1.42 bits per heavy atom. The summed E-state index contributed by atoms with van der Waals surface area (Å²) < 4.78 is 5.41. The lowest BCUT2D eigenvalue weighted by molar-refractivity contribution is 0.201. The van der Waals surface area contributed by atoms with Gasteiger partial charge in [-0.3, -0.25) is 0 Å². The topological polar surface area (TPSA) is 70.2 Å². The number of nitrogens with zero attached hydrogens (tertiary/aromatic N) is 1. The van der Waals surface area contributed by atoms with Crippen molar-refractivity contribution in [2.24, 2.45) is 0 Å². The number of aromatic nitrogens is 2. The number of hydrogen-bond donors (Lipinski definition) is 3. The number of rotatable bonds is 4. The fourth-order valence-electron chi connectivity index (χ4n) is 2.54. The van der Waals surface area contributed by atoms with Crippen LogP contribution in [0.15, 0.2) is 18.2 Å². The third kappa shape index (κ3) is 2.72. The molecule has 1 aliphatic rings. The van der Waals surface area contributed by atoms with Gasteiger partial charge in [-0.05, 0) is 31.5 Å². The first-order valence-corrected chi connectivity index (χ1v) is 6.81. The van der Waals surface area contributed by atoms with Gasteiger partial charge in [-0.1, -0.05) is 0 Å². The largest absolute Gasteiger partial charge is 0.491 e. The van der Waals surface area contributed by atoms with Gasteiger partial charge in [-0.2, -0.15) is 0 Å². The van der Waals surface area contributed by atoms with E-state index in [4.69, 9.17) is 9.84 Å². The van der Waals surface area contributed by atoms with Crippen molar-refractivity contribution < 1.29 is 9.84 Å². The molecule has 1 aliphatic heterocycles. The third-order valence-corrected chi connectivity index (χ3v) is 3.52. The Balaban J connectivity index is 1.83. The van der Waals surface area contributed by atoms with Crippen molar-refractivity contribution in [3.05, 3.63) is 24.0 Å². The molecule has 19 heavy (non-hydrogen) atoms. The number of H-pyrrole nitrogens is 1. The number of aromatic amines is 1. The molecule has 1 fully saturated rings. The molecule has 2 aromatic rings. The lowest BCUT2D eigenvalue weighted by Crippen LogP contribution is -2.28. The lowest BCUT2D eigenvalue weighted by Gasteiger charge is -2.20. The number of hydrogen-bond acceptors (Lipinski definition) is 4. The first kappa shape index (κ1) is 12.4. The fourth-order valence-corrected chi connectivity index (χ4v) is 2.54. The Morgan fingerprint density at radius 2 is 2.37 bits per heavy atom. The van der Waals surface area contributed by atoms with Crippen molar-refractivity contribution in [1.82, 2.24) is 15.3 Å². The second kappa shape index (κ2) is 5.59. The summed E-state index contributed by atoms with van der Waals surface area (Å²) in [7, 11) is 0. The van der Waals surface area contributed by atoms with Crippen molar-refractivity contribution in [3.63, 3.8) is 0 Å². The number of benzene rings is 1. The predicted octanol–water partition coefficient (Wildman–Crippen LogP) is 1.40. The van der Waals surface area contributed by atoms with E-state index >= 15 is 0 Å². The van der Waals surface area contributed by atoms with Crippen LogP contribution in [0, 0.1) is 0 Å². The second-order valence-electron chi connectivity index (χ2n) is 4.92. The van der Waals surface area contributed by atoms with Gasteiger partial charge in [0.2, 0.25) is 0 Å². The molecule has 1 atom stereocenters. The van der Waals surface area contributed by atoms with Crippen molar-refractivity contribution in [2.45, 2.75) is 18.8 Å². The average molecular weight is 261 g/mol. The van der Waals surface area contributed by atoms with Gasteiger partial charge in [0.05, 0.1) is 17.6 Å². The molecule has 0 saturated carbocycles. The van der Waals surface area contributed by atoms with E-state index in [2.05, 4.69) is 15.3 Å². The summed E-state index contributed by atoms with van der Waals surface area (Å²) in [5.74, 6) is 2.29. The fraction of sp³-hybridized carbons (Fsp3) is 0.500. The normalized spacial score (nSPS) is 19.7. The van der Waals surface area contributed by atoms with E-state index in [1.807, 2.05) is 18.2 Å². The minimum atomic E-state index is 0.0278. The number of imidazole rings is 1. The highest BCUT2D eigenvalue weighted by Gasteiger charge is 2.18. The maximum atomic E-state index is 8.76. The van der Waals surface area contributed by atoms with Crippen molar-refractivity contribution >= 4 is 11.0 Å². The molecule has 1 unspecified atom stereocenters. The molecular formula is C14H19N3O2. The molecule has 0 aliphatic carbocycles. The molecule has 1 saturated heterocycles. The molecule has 3 N–H and O–H groups in total. The SMILES string of the molecule is OCCOc1ccc2nc(C3CCCNC3)[nH]c2c1. The molecule has 0 spiro atoms. The number of nitrogens with one attached hydrogen (secondary N) is 2. The van der Waals surface area contributed by atoms with E-state index in [-0.39, 0.29) is 6.61 Å². The number of aliphatic hydroxyl groups is 1. The van der Waals surface area contributed by atoms with E-state index in [0.717, 1.165) is 35.7 Å². The monoisotopic (exact) mass is 261 g/mol. The highest BCUT2D eigenvalue weighted by Crippen LogP contribution is 2.25. The molecule has 5 heteroatoms. The van der Waals surface area contributed by atoms with Gasteiger partial charge in [-0.25, -0.2) is 4.98 Å². The van der Waals surface area contributed by atoms with E-state index in [0.29, 0.717) is 12.5 Å². The molecule has 2 heterocycles. The number of piperidine rings is 1. The van der Waals surface area contributed by atoms with Crippen LogP contribution in [0.4, 0.5) is 0 Å². The Hall–Kier alpha value is -1.59. The van der Waals surface area contributed by atoms with E-state index in [9.17, 15) is 0 Å². The van der Waals surface area contributed by atoms with Gasteiger partial charge in [0.1, 0.15) is 18.2 Å². The van der Waals surface area contributed by atoms with Crippen LogP contribution in [0.1, 0.15) is 24.6 Å². The van der Waals surface area contributed by atoms with Crippen LogP contribution in [0.2, 0.25) is 0 Å². The number of fused-ring (bicyclic) bond motifs is 1. The number of ether oxygens (including phenoxy) is 1. The minimum Gasteiger partial charge on any atom is -0.491 e. The lowest BCUT2D eigenvalue weighted by atomic mass is 9.99. The molecule has 0 bridgehead atoms. The van der Waals surface area contributed by atoms with E-state index in [1.165, 1.54) is 12.8 Å². The molecule has 3 rings (SSSR count). The zero-order chi connectivity index (χ0) is 13.1. The number of aliphatic hydroxyl groups excluding tert-OH is 1. The summed E-state index contributed by atoms with van der Waals surface area (Å²) in [6, 6.07) is 5.79. The van der Waals surface area contributed by atoms with Crippen LogP contribution < -0.4 is 10.1 Å². The van der Waals surface area contributed by atoms with Crippen molar-refractivity contribution in [1.29, 1.82) is 0 Å². The van der Waals surface area contributed by atoms with Crippen LogP contribution >= 0.6 is 0 Å². The summed E-state index contributed by atoms with van der Waals surface area (Å²) in [6.45, 7) is 2.45. The summed E-state index contributed by atoms with van der Waals surface area (Å²) >= 11 is 0. The highest BCUT2D eigenvalue weighted by atomic mass is 16.5. The van der Waals surface area contributed by atoms with Gasteiger partial charge >= 0.3 is 0 Å². The van der Waals surface area contributed by atoms with Crippen LogP contribution in [-0.4, -0.2) is 41.4 Å². The van der Waals surface area contributed by atoms with Gasteiger partial charge in [-0.15, -0.1) is 0 Å². The minimum absolute atomic E-state index is 0.0278. The molecule has 1 aromatic carbocycles. The molecule has 0 amide bonds. The maximum absolute atomic E-state index is 8.76. The Bertz CT molecular complexity index is 547. The Kier molecular flexibility index (Phi) is 3.66. The Labute approximate surface area is 112 Å². The van der Waals surface area contributed by atoms with E-state index in [1.54, 1.807) is 0 Å². The zero-order valence-corrected chi connectivity index (χ0v) is 10.9. The summed E-state index contributed by atoms with van der Waals surface area (Å²) in [4.78, 5) is 8.05. The quantitative estimate of drug-likeness (QED) is 0.778. The van der Waals surface area contributed by atoms with Crippen LogP contribution in [-0.2, 0) is 0 Å². The van der Waals surface area contributed by atoms with Gasteiger partial charge < -0.3 is 20.1 Å². The molecule has 102 valence electrons. The molecule has 5 nitrogen and oxygen atoms in total. The maximum Gasteiger partial charge on any atom is 0.121 e. The van der Waals surface area contributed by atoms with Gasteiger partial charge in [0, 0.05) is 18.5 Å². The standard InChI is InChI=1S/C14H19N3O2/c18-6-7-19-11-3-4-12-13(8-11)17-14(16-12)10-2-1-5-15-9-10/h3-4,8,10,15,18H,1-2,5-7,9H2,(H,16,17). The Morgan fingerprint density at radius 3 is 3.16 bits per heavy atom. The summed E-state index contributed by atoms with van der Waals surface area (Å²) in [5.41, 5.74) is 1.97. The summed E-state index contributed by atoms with van der Waals surface area (Å²) in [5, 5.41) is 12.2. The predicted molar refractivity (Wildman–Crippen MR) is 73.5 cm³/mol. The van der Waals surface area contributed by atoms with Crippen molar-refractivity contribution in [3.8, 4) is 5.75 Å². The van der Waals surface area contributed by atoms with Crippen LogP contribution in [0.25, 0.3) is 11.0 Å². The highest BCUT2D eigenvalue weighted by molar-refractivity contribution is 5.76. The van der Waals surface area contributed by atoms with Crippen LogP contribution in [0.5, 0.6) is 5.75 Å². The first-order chi connectivity index (χ1) is 9.36. The molecule has 0 radical (unpaired) electrons. The molecular weight excluding hydrogens is 242 g/mol. The summed E-state index contributed by atoms with van der Waals surface area (Å²) in [6.07, 6.45) is 2.38. The third-order valence-electron chi connectivity index (χ3n) is 3.52. The zero-order valence-electron chi connectivity index (χ0n) is 10.9. The van der Waals surface area contributed by atoms with Gasteiger partial charge in [0.25, 0.3) is 0 Å². The van der Waals surface area contributed by atoms with Gasteiger partial charge in [0.15, 0.2) is 0 Å². The second-order valence-corrected chi connectivity index (χ2v) is 4.92. The van der Waals surface area contributed by atoms with Crippen molar-refractivity contribution in [2.75, 3.05) is 26.3 Å². The van der Waals surface area contributed by atoms with Crippen LogP contribution in [0.3, 0.4) is 0 Å². The first-order valence-electron chi connectivity index (χ1n) is 6.81. The molecule has 1 aromatic heterocycles. The smallest absolute Gasteiger partial charge is 0.121 e. The average Bonchev–Trinajstić information content (AvgIpc) is 2.89.